The quantitative estimate of drug-likeness (QED) is 0.893. The summed E-state index contributed by atoms with van der Waals surface area (Å²) in [5.41, 5.74) is 0. The van der Waals surface area contributed by atoms with Crippen molar-refractivity contribution in [1.29, 1.82) is 0 Å². The zero-order chi connectivity index (χ0) is 12.3. The molecule has 0 amide bonds. The van der Waals surface area contributed by atoms with Gasteiger partial charge in [-0.05, 0) is 27.9 Å². The Labute approximate surface area is 117 Å². The van der Waals surface area contributed by atoms with Gasteiger partial charge in [0.15, 0.2) is 0 Å². The molecule has 2 heterocycles. The third kappa shape index (κ3) is 4.04. The van der Waals surface area contributed by atoms with Crippen molar-refractivity contribution in [2.24, 2.45) is 5.92 Å². The first-order valence-corrected chi connectivity index (χ1v) is 7.91. The molecule has 92 valence electrons. The molecule has 0 aliphatic carbocycles. The van der Waals surface area contributed by atoms with Gasteiger partial charge in [0.2, 0.25) is 5.13 Å². The molecule has 0 radical (unpaired) electrons. The van der Waals surface area contributed by atoms with Gasteiger partial charge < -0.3 is 5.32 Å². The van der Waals surface area contributed by atoms with E-state index in [9.17, 15) is 0 Å². The van der Waals surface area contributed by atoms with Crippen LogP contribution < -0.4 is 5.32 Å². The lowest BCUT2D eigenvalue weighted by Crippen LogP contribution is -1.96. The fraction of sp³-hybridized carbons (Fsp3) is 0.455. The Morgan fingerprint density at radius 1 is 1.41 bits per heavy atom. The van der Waals surface area contributed by atoms with E-state index in [0.717, 1.165) is 27.6 Å². The molecule has 6 heteroatoms. The molecular formula is C11H14BrN3S2. The molecule has 1 N–H and O–H groups in total. The van der Waals surface area contributed by atoms with E-state index < -0.39 is 0 Å². The molecule has 0 aliphatic heterocycles. The first kappa shape index (κ1) is 13.0. The molecule has 0 saturated heterocycles. The summed E-state index contributed by atoms with van der Waals surface area (Å²) in [6.45, 7) is 5.20. The average Bonchev–Trinajstić information content (AvgIpc) is 2.84. The molecule has 0 spiro atoms. The van der Waals surface area contributed by atoms with Crippen LogP contribution in [0.1, 0.15) is 23.7 Å². The van der Waals surface area contributed by atoms with Crippen molar-refractivity contribution < 1.29 is 0 Å². The maximum Gasteiger partial charge on any atom is 0.205 e. The number of rotatable bonds is 5. The van der Waals surface area contributed by atoms with Crippen molar-refractivity contribution in [2.75, 3.05) is 5.32 Å². The maximum atomic E-state index is 4.17. The second kappa shape index (κ2) is 5.93. The fourth-order valence-electron chi connectivity index (χ4n) is 1.37. The molecule has 0 bridgehead atoms. The number of thiophene rings is 1. The lowest BCUT2D eigenvalue weighted by Gasteiger charge is -1.98. The summed E-state index contributed by atoms with van der Waals surface area (Å²) < 4.78 is 1.14. The van der Waals surface area contributed by atoms with E-state index in [1.54, 1.807) is 22.7 Å². The summed E-state index contributed by atoms with van der Waals surface area (Å²) >= 11 is 6.83. The fourth-order valence-corrected chi connectivity index (χ4v) is 3.70. The Balaban J connectivity index is 1.89. The van der Waals surface area contributed by atoms with Gasteiger partial charge >= 0.3 is 0 Å². The average molecular weight is 332 g/mol. The van der Waals surface area contributed by atoms with Gasteiger partial charge in [0.05, 0.1) is 6.54 Å². The first-order chi connectivity index (χ1) is 8.13. The molecule has 2 aromatic heterocycles. The van der Waals surface area contributed by atoms with E-state index in [1.165, 1.54) is 4.88 Å². The van der Waals surface area contributed by atoms with Gasteiger partial charge in [0.1, 0.15) is 5.01 Å². The Morgan fingerprint density at radius 3 is 2.88 bits per heavy atom. The third-order valence-electron chi connectivity index (χ3n) is 2.09. The van der Waals surface area contributed by atoms with Crippen molar-refractivity contribution in [3.05, 3.63) is 25.8 Å². The zero-order valence-corrected chi connectivity index (χ0v) is 13.0. The number of hydrogen-bond donors (Lipinski definition) is 1. The molecule has 0 saturated carbocycles. The van der Waals surface area contributed by atoms with Gasteiger partial charge in [-0.15, -0.1) is 21.5 Å². The summed E-state index contributed by atoms with van der Waals surface area (Å²) in [7, 11) is 0. The van der Waals surface area contributed by atoms with Gasteiger partial charge in [-0.2, -0.15) is 0 Å². The molecular weight excluding hydrogens is 318 g/mol. The van der Waals surface area contributed by atoms with Crippen molar-refractivity contribution in [3.63, 3.8) is 0 Å². The molecule has 0 aromatic carbocycles. The third-order valence-corrected chi connectivity index (χ3v) is 4.69. The predicted molar refractivity (Wildman–Crippen MR) is 77.8 cm³/mol. The smallest absolute Gasteiger partial charge is 0.205 e. The van der Waals surface area contributed by atoms with Gasteiger partial charge in [0, 0.05) is 21.2 Å². The van der Waals surface area contributed by atoms with Crippen LogP contribution in [0.3, 0.4) is 0 Å². The second-order valence-corrected chi connectivity index (χ2v) is 7.16. The van der Waals surface area contributed by atoms with Crippen molar-refractivity contribution in [2.45, 2.75) is 26.8 Å². The molecule has 0 aliphatic rings. The highest BCUT2D eigenvalue weighted by Crippen LogP contribution is 2.22. The van der Waals surface area contributed by atoms with E-state index in [4.69, 9.17) is 0 Å². The Morgan fingerprint density at radius 2 is 2.24 bits per heavy atom. The monoisotopic (exact) mass is 331 g/mol. The van der Waals surface area contributed by atoms with E-state index in [1.807, 2.05) is 0 Å². The number of anilines is 1. The Hall–Kier alpha value is -0.460. The zero-order valence-electron chi connectivity index (χ0n) is 9.74. The number of aromatic nitrogens is 2. The molecule has 17 heavy (non-hydrogen) atoms. The van der Waals surface area contributed by atoms with Crippen LogP contribution in [0, 0.1) is 5.92 Å². The number of nitrogens with zero attached hydrogens (tertiary/aromatic N) is 2. The van der Waals surface area contributed by atoms with E-state index in [0.29, 0.717) is 5.92 Å². The van der Waals surface area contributed by atoms with E-state index in [-0.39, 0.29) is 0 Å². The minimum atomic E-state index is 0.629. The highest BCUT2D eigenvalue weighted by molar-refractivity contribution is 9.10. The van der Waals surface area contributed by atoms with Gasteiger partial charge in [-0.3, -0.25) is 0 Å². The highest BCUT2D eigenvalue weighted by Gasteiger charge is 2.06. The summed E-state index contributed by atoms with van der Waals surface area (Å²) in [5.74, 6) is 0.629. The Kier molecular flexibility index (Phi) is 4.53. The van der Waals surface area contributed by atoms with Crippen LogP contribution in [0.25, 0.3) is 0 Å². The lowest BCUT2D eigenvalue weighted by atomic mass is 10.1. The maximum absolute atomic E-state index is 4.17. The van der Waals surface area contributed by atoms with Crippen LogP contribution in [0.4, 0.5) is 5.13 Å². The van der Waals surface area contributed by atoms with Crippen LogP contribution in [-0.2, 0) is 13.0 Å². The van der Waals surface area contributed by atoms with E-state index >= 15 is 0 Å². The Bertz CT molecular complexity index is 479. The lowest BCUT2D eigenvalue weighted by molar-refractivity contribution is 0.640. The molecule has 2 aromatic rings. The number of hydrogen-bond acceptors (Lipinski definition) is 5. The molecule has 3 nitrogen and oxygen atoms in total. The summed E-state index contributed by atoms with van der Waals surface area (Å²) in [6.07, 6.45) is 1.00. The SMILES string of the molecule is CC(C)Cc1nnc(NCc2cc(Br)cs2)s1. The van der Waals surface area contributed by atoms with Crippen LogP contribution in [0.5, 0.6) is 0 Å². The minimum Gasteiger partial charge on any atom is -0.355 e. The largest absolute Gasteiger partial charge is 0.355 e. The number of nitrogens with one attached hydrogen (secondary N) is 1. The van der Waals surface area contributed by atoms with Gasteiger partial charge in [-0.1, -0.05) is 25.2 Å². The van der Waals surface area contributed by atoms with Crippen molar-refractivity contribution >= 4 is 43.7 Å². The van der Waals surface area contributed by atoms with E-state index in [2.05, 4.69) is 56.7 Å². The van der Waals surface area contributed by atoms with Crippen LogP contribution in [0.15, 0.2) is 15.9 Å². The molecule has 0 unspecified atom stereocenters. The molecule has 0 atom stereocenters. The summed E-state index contributed by atoms with van der Waals surface area (Å²) in [4.78, 5) is 1.29. The molecule has 0 fully saturated rings. The van der Waals surface area contributed by atoms with Crippen molar-refractivity contribution in [3.8, 4) is 0 Å². The molecule has 2 rings (SSSR count). The van der Waals surface area contributed by atoms with Gasteiger partial charge in [-0.25, -0.2) is 0 Å². The van der Waals surface area contributed by atoms with Crippen LogP contribution >= 0.6 is 38.6 Å². The number of halogens is 1. The normalized spacial score (nSPS) is 11.1. The van der Waals surface area contributed by atoms with Crippen LogP contribution in [0.2, 0.25) is 0 Å². The van der Waals surface area contributed by atoms with Crippen LogP contribution in [-0.4, -0.2) is 10.2 Å². The first-order valence-electron chi connectivity index (χ1n) is 5.42. The summed E-state index contributed by atoms with van der Waals surface area (Å²) in [5, 5.41) is 15.7. The topological polar surface area (TPSA) is 37.8 Å². The second-order valence-electron chi connectivity index (χ2n) is 4.18. The predicted octanol–water partition coefficient (Wildman–Crippen LogP) is 4.17. The van der Waals surface area contributed by atoms with Gasteiger partial charge in [0.25, 0.3) is 0 Å². The van der Waals surface area contributed by atoms with Crippen molar-refractivity contribution in [1.82, 2.24) is 10.2 Å². The standard InChI is InChI=1S/C11H14BrN3S2/c1-7(2)3-10-14-15-11(17-10)13-5-9-4-8(12)6-16-9/h4,6-7H,3,5H2,1-2H3,(H,13,15). The summed E-state index contributed by atoms with van der Waals surface area (Å²) in [6, 6.07) is 2.12. The minimum absolute atomic E-state index is 0.629. The highest BCUT2D eigenvalue weighted by atomic mass is 79.9.